The maximum absolute atomic E-state index is 12.1. The summed E-state index contributed by atoms with van der Waals surface area (Å²) in [4.78, 5) is 20.2. The molecular formula is C16H12N4O3. The van der Waals surface area contributed by atoms with Gasteiger partial charge in [-0.05, 0) is 25.1 Å². The van der Waals surface area contributed by atoms with E-state index < -0.39 is 5.97 Å². The average molecular weight is 308 g/mol. The minimum absolute atomic E-state index is 0.0233. The summed E-state index contributed by atoms with van der Waals surface area (Å²) in [5.74, 6) is 0.288. The number of esters is 1. The Morgan fingerprint density at radius 1 is 1.30 bits per heavy atom. The molecule has 0 amide bonds. The first kappa shape index (κ1) is 13.4. The number of rotatable bonds is 3. The number of ether oxygens (including phenoxy) is 1. The highest BCUT2D eigenvalue weighted by molar-refractivity contribution is 5.85. The molecule has 1 aromatic carbocycles. The van der Waals surface area contributed by atoms with Crippen LogP contribution < -0.4 is 0 Å². The molecule has 0 saturated carbocycles. The zero-order chi connectivity index (χ0) is 15.8. The Labute approximate surface area is 130 Å². The van der Waals surface area contributed by atoms with Gasteiger partial charge in [-0.2, -0.15) is 4.98 Å². The second-order valence-electron chi connectivity index (χ2n) is 5.06. The molecule has 0 radical (unpaired) electrons. The highest BCUT2D eigenvalue weighted by atomic mass is 16.5. The Morgan fingerprint density at radius 3 is 3.00 bits per heavy atom. The Bertz CT molecular complexity index is 985. The van der Waals surface area contributed by atoms with Crippen LogP contribution in [0.3, 0.4) is 0 Å². The third-order valence-electron chi connectivity index (χ3n) is 3.43. The maximum atomic E-state index is 12.1. The highest BCUT2D eigenvalue weighted by Gasteiger charge is 2.16. The van der Waals surface area contributed by atoms with Crippen LogP contribution in [0.25, 0.3) is 16.7 Å². The second kappa shape index (κ2) is 5.20. The molecule has 3 aromatic heterocycles. The van der Waals surface area contributed by atoms with E-state index in [0.717, 1.165) is 16.7 Å². The summed E-state index contributed by atoms with van der Waals surface area (Å²) >= 11 is 0. The number of aryl methyl sites for hydroxylation is 1. The molecule has 7 heteroatoms. The number of aromatic nitrogens is 4. The van der Waals surface area contributed by atoms with Crippen LogP contribution in [0.2, 0.25) is 0 Å². The van der Waals surface area contributed by atoms with Crippen LogP contribution >= 0.6 is 0 Å². The number of nitrogens with zero attached hydrogens (tertiary/aromatic N) is 4. The molecule has 3 heterocycles. The van der Waals surface area contributed by atoms with E-state index in [1.165, 1.54) is 4.52 Å². The number of hydrogen-bond acceptors (Lipinski definition) is 6. The third kappa shape index (κ3) is 2.42. The minimum Gasteiger partial charge on any atom is -0.457 e. The van der Waals surface area contributed by atoms with E-state index >= 15 is 0 Å². The lowest BCUT2D eigenvalue weighted by Crippen LogP contribution is -2.07. The summed E-state index contributed by atoms with van der Waals surface area (Å²) in [6.45, 7) is 1.88. The first-order valence-corrected chi connectivity index (χ1v) is 7.04. The lowest BCUT2D eigenvalue weighted by Gasteiger charge is -1.98. The lowest BCUT2D eigenvalue weighted by molar-refractivity contribution is 0.0433. The summed E-state index contributed by atoms with van der Waals surface area (Å²) < 4.78 is 12.3. The van der Waals surface area contributed by atoms with Gasteiger partial charge in [0, 0.05) is 17.3 Å². The van der Waals surface area contributed by atoms with Crippen molar-refractivity contribution in [2.45, 2.75) is 13.5 Å². The second-order valence-corrected chi connectivity index (χ2v) is 5.06. The fourth-order valence-electron chi connectivity index (χ4n) is 2.30. The molecule has 0 saturated heterocycles. The van der Waals surface area contributed by atoms with Crippen molar-refractivity contribution in [2.75, 3.05) is 0 Å². The molecule has 114 valence electrons. The molecular weight excluding hydrogens is 296 g/mol. The van der Waals surface area contributed by atoms with Crippen molar-refractivity contribution in [1.29, 1.82) is 0 Å². The zero-order valence-electron chi connectivity index (χ0n) is 12.3. The van der Waals surface area contributed by atoms with Crippen LogP contribution in [0, 0.1) is 6.92 Å². The van der Waals surface area contributed by atoms with E-state index in [1.54, 1.807) is 12.3 Å². The highest BCUT2D eigenvalue weighted by Crippen LogP contribution is 2.19. The van der Waals surface area contributed by atoms with Gasteiger partial charge in [-0.15, -0.1) is 5.10 Å². The van der Waals surface area contributed by atoms with Crippen LogP contribution in [0.5, 0.6) is 0 Å². The van der Waals surface area contributed by atoms with E-state index in [2.05, 4.69) is 15.1 Å². The van der Waals surface area contributed by atoms with E-state index in [4.69, 9.17) is 9.15 Å². The molecule has 0 aliphatic rings. The largest absolute Gasteiger partial charge is 0.457 e. The van der Waals surface area contributed by atoms with Crippen LogP contribution in [0.4, 0.5) is 0 Å². The predicted octanol–water partition coefficient (Wildman–Crippen LogP) is 2.54. The van der Waals surface area contributed by atoms with Gasteiger partial charge in [-0.3, -0.25) is 0 Å². The van der Waals surface area contributed by atoms with Crippen molar-refractivity contribution < 1.29 is 13.9 Å². The molecule has 4 aromatic rings. The summed E-state index contributed by atoms with van der Waals surface area (Å²) in [5, 5.41) is 5.07. The van der Waals surface area contributed by atoms with Gasteiger partial charge in [-0.1, -0.05) is 18.2 Å². The molecule has 7 nitrogen and oxygen atoms in total. The van der Waals surface area contributed by atoms with Gasteiger partial charge >= 0.3 is 5.97 Å². The van der Waals surface area contributed by atoms with E-state index in [0.29, 0.717) is 11.5 Å². The fourth-order valence-corrected chi connectivity index (χ4v) is 2.30. The minimum atomic E-state index is -0.615. The molecule has 0 spiro atoms. The number of fused-ring (bicyclic) bond motifs is 2. The number of carbonyl (C=O) groups excluding carboxylic acids is 1. The SMILES string of the molecule is Cc1ccnc2nc(C(=O)OCc3cc4ccccc4o3)nn12. The van der Waals surface area contributed by atoms with Gasteiger partial charge < -0.3 is 9.15 Å². The quantitative estimate of drug-likeness (QED) is 0.541. The number of hydrogen-bond donors (Lipinski definition) is 0. The molecule has 0 aliphatic heterocycles. The van der Waals surface area contributed by atoms with Gasteiger partial charge in [0.25, 0.3) is 11.6 Å². The van der Waals surface area contributed by atoms with Crippen LogP contribution in [-0.2, 0) is 11.3 Å². The molecule has 0 unspecified atom stereocenters. The zero-order valence-corrected chi connectivity index (χ0v) is 12.3. The summed E-state index contributed by atoms with van der Waals surface area (Å²) in [5.41, 5.74) is 1.59. The summed E-state index contributed by atoms with van der Waals surface area (Å²) in [7, 11) is 0. The van der Waals surface area contributed by atoms with Gasteiger partial charge in [0.05, 0.1) is 0 Å². The first-order chi connectivity index (χ1) is 11.2. The van der Waals surface area contributed by atoms with Crippen molar-refractivity contribution in [2.24, 2.45) is 0 Å². The van der Waals surface area contributed by atoms with Gasteiger partial charge in [0.1, 0.15) is 18.0 Å². The van der Waals surface area contributed by atoms with E-state index in [1.807, 2.05) is 37.3 Å². The smallest absolute Gasteiger partial charge is 0.378 e. The normalized spacial score (nSPS) is 11.2. The monoisotopic (exact) mass is 308 g/mol. The third-order valence-corrected chi connectivity index (χ3v) is 3.43. The molecule has 0 atom stereocenters. The summed E-state index contributed by atoms with van der Waals surface area (Å²) in [6, 6.07) is 11.2. The Balaban J connectivity index is 1.53. The first-order valence-electron chi connectivity index (χ1n) is 7.04. The number of para-hydroxylation sites is 1. The number of benzene rings is 1. The standard InChI is InChI=1S/C16H12N4O3/c1-10-6-7-17-16-18-14(19-20(10)16)15(21)22-9-12-8-11-4-2-3-5-13(11)23-12/h2-8H,9H2,1H3. The van der Waals surface area contributed by atoms with E-state index in [-0.39, 0.29) is 12.4 Å². The Kier molecular flexibility index (Phi) is 3.04. The maximum Gasteiger partial charge on any atom is 0.378 e. The molecule has 4 rings (SSSR count). The molecule has 0 N–H and O–H groups in total. The van der Waals surface area contributed by atoms with Crippen LogP contribution in [-0.4, -0.2) is 25.6 Å². The fraction of sp³-hybridized carbons (Fsp3) is 0.125. The molecule has 0 aliphatic carbocycles. The van der Waals surface area contributed by atoms with Gasteiger partial charge in [-0.25, -0.2) is 14.3 Å². The van der Waals surface area contributed by atoms with Crippen molar-refractivity contribution >= 4 is 22.7 Å². The summed E-state index contributed by atoms with van der Waals surface area (Å²) in [6.07, 6.45) is 1.61. The van der Waals surface area contributed by atoms with Gasteiger partial charge in [0.2, 0.25) is 0 Å². The van der Waals surface area contributed by atoms with Crippen molar-refractivity contribution in [3.8, 4) is 0 Å². The topological polar surface area (TPSA) is 82.5 Å². The molecule has 0 fully saturated rings. The average Bonchev–Trinajstić information content (AvgIpc) is 3.17. The van der Waals surface area contributed by atoms with Crippen molar-refractivity contribution in [3.63, 3.8) is 0 Å². The van der Waals surface area contributed by atoms with Crippen molar-refractivity contribution in [1.82, 2.24) is 19.6 Å². The number of furan rings is 1. The van der Waals surface area contributed by atoms with Crippen LogP contribution in [0.1, 0.15) is 22.1 Å². The van der Waals surface area contributed by atoms with Crippen molar-refractivity contribution in [3.05, 3.63) is 59.9 Å². The van der Waals surface area contributed by atoms with Crippen LogP contribution in [0.15, 0.2) is 47.0 Å². The predicted molar refractivity (Wildman–Crippen MR) is 80.9 cm³/mol. The molecule has 0 bridgehead atoms. The number of carbonyl (C=O) groups is 1. The Hall–Kier alpha value is -3.22. The van der Waals surface area contributed by atoms with E-state index in [9.17, 15) is 4.79 Å². The Morgan fingerprint density at radius 2 is 2.17 bits per heavy atom. The molecule has 23 heavy (non-hydrogen) atoms. The lowest BCUT2D eigenvalue weighted by atomic mass is 10.2. The van der Waals surface area contributed by atoms with Gasteiger partial charge in [0.15, 0.2) is 0 Å².